The molecule has 0 amide bonds. The van der Waals surface area contributed by atoms with Gasteiger partial charge in [0.25, 0.3) is 0 Å². The summed E-state index contributed by atoms with van der Waals surface area (Å²) >= 11 is 1.47. The monoisotopic (exact) mass is 281 g/mol. The molecule has 1 aromatic heterocycles. The molecule has 0 fully saturated rings. The second-order valence-electron chi connectivity index (χ2n) is 5.11. The Morgan fingerprint density at radius 2 is 1.85 bits per heavy atom. The predicted molar refractivity (Wildman–Crippen MR) is 84.2 cm³/mol. The molecule has 2 aromatic carbocycles. The third-order valence-electron chi connectivity index (χ3n) is 3.27. The van der Waals surface area contributed by atoms with Crippen molar-refractivity contribution in [3.05, 3.63) is 53.7 Å². The van der Waals surface area contributed by atoms with Gasteiger partial charge in [-0.15, -0.1) is 11.3 Å². The Morgan fingerprint density at radius 1 is 1.10 bits per heavy atom. The second-order valence-corrected chi connectivity index (χ2v) is 6.14. The van der Waals surface area contributed by atoms with Crippen LogP contribution in [0.15, 0.2) is 48.7 Å². The van der Waals surface area contributed by atoms with Gasteiger partial charge in [-0.1, -0.05) is 50.2 Å². The van der Waals surface area contributed by atoms with Gasteiger partial charge in [-0.05, 0) is 22.4 Å². The maximum absolute atomic E-state index is 11.9. The number of hydrogen-bond donors (Lipinski definition) is 0. The van der Waals surface area contributed by atoms with Gasteiger partial charge in [0.05, 0.1) is 4.88 Å². The Balaban J connectivity index is 2.01. The highest BCUT2D eigenvalue weighted by Crippen LogP contribution is 2.29. The van der Waals surface area contributed by atoms with Crippen LogP contribution in [0, 0.1) is 5.92 Å². The van der Waals surface area contributed by atoms with Crippen molar-refractivity contribution in [1.29, 1.82) is 0 Å². The van der Waals surface area contributed by atoms with E-state index in [4.69, 9.17) is 0 Å². The predicted octanol–water partition coefficient (Wildman–Crippen LogP) is 4.80. The minimum absolute atomic E-state index is 0.00870. The zero-order chi connectivity index (χ0) is 14.1. The van der Waals surface area contributed by atoms with Crippen LogP contribution >= 0.6 is 11.3 Å². The summed E-state index contributed by atoms with van der Waals surface area (Å²) in [6.07, 6.45) is 1.80. The molecule has 0 spiro atoms. The molecule has 0 aliphatic heterocycles. The Kier molecular flexibility index (Phi) is 3.36. The van der Waals surface area contributed by atoms with Gasteiger partial charge in [0, 0.05) is 12.1 Å². The number of ketones is 1. The van der Waals surface area contributed by atoms with E-state index in [1.165, 1.54) is 22.1 Å². The SMILES string of the molecule is CC(C)C(=O)c1ncc(-c2ccc3ccccc3c2)s1. The van der Waals surface area contributed by atoms with Gasteiger partial charge < -0.3 is 0 Å². The molecule has 3 aromatic rings. The van der Waals surface area contributed by atoms with Gasteiger partial charge in [-0.3, -0.25) is 4.79 Å². The number of carbonyl (C=O) groups is 1. The van der Waals surface area contributed by atoms with Crippen molar-refractivity contribution in [3.63, 3.8) is 0 Å². The molecule has 2 nitrogen and oxygen atoms in total. The number of Topliss-reactive ketones (excluding diaryl/α,β-unsaturated/α-hetero) is 1. The first-order chi connectivity index (χ1) is 9.65. The van der Waals surface area contributed by atoms with Crippen molar-refractivity contribution < 1.29 is 4.79 Å². The topological polar surface area (TPSA) is 30.0 Å². The highest BCUT2D eigenvalue weighted by Gasteiger charge is 2.15. The molecule has 0 atom stereocenters. The van der Waals surface area contributed by atoms with Crippen molar-refractivity contribution in [1.82, 2.24) is 4.98 Å². The van der Waals surface area contributed by atoms with Crippen LogP contribution in [0.3, 0.4) is 0 Å². The van der Waals surface area contributed by atoms with Crippen LogP contribution in [0.5, 0.6) is 0 Å². The summed E-state index contributed by atoms with van der Waals surface area (Å²) in [5, 5.41) is 3.03. The molecule has 0 saturated carbocycles. The standard InChI is InChI=1S/C17H15NOS/c1-11(2)16(19)17-18-10-15(20-17)14-8-7-12-5-3-4-6-13(12)9-14/h3-11H,1-2H3. The Labute approximate surface area is 122 Å². The van der Waals surface area contributed by atoms with Gasteiger partial charge in [0.2, 0.25) is 0 Å². The van der Waals surface area contributed by atoms with Crippen LogP contribution < -0.4 is 0 Å². The van der Waals surface area contributed by atoms with Gasteiger partial charge in [0.15, 0.2) is 10.8 Å². The average Bonchev–Trinajstić information content (AvgIpc) is 2.95. The maximum Gasteiger partial charge on any atom is 0.193 e. The molecule has 0 aliphatic rings. The number of nitrogens with zero attached hydrogens (tertiary/aromatic N) is 1. The van der Waals surface area contributed by atoms with E-state index in [1.54, 1.807) is 6.20 Å². The first-order valence-electron chi connectivity index (χ1n) is 6.64. The minimum Gasteiger partial charge on any atom is -0.291 e. The summed E-state index contributed by atoms with van der Waals surface area (Å²) in [6, 6.07) is 14.6. The van der Waals surface area contributed by atoms with Gasteiger partial charge in [-0.25, -0.2) is 4.98 Å². The van der Waals surface area contributed by atoms with Crippen LogP contribution in [0.4, 0.5) is 0 Å². The molecule has 0 aliphatic carbocycles. The lowest BCUT2D eigenvalue weighted by molar-refractivity contribution is 0.0939. The zero-order valence-electron chi connectivity index (χ0n) is 11.5. The van der Waals surface area contributed by atoms with Crippen molar-refractivity contribution >= 4 is 27.9 Å². The Bertz CT molecular complexity index is 773. The molecule has 3 rings (SSSR count). The van der Waals surface area contributed by atoms with Crippen LogP contribution in [-0.2, 0) is 0 Å². The number of fused-ring (bicyclic) bond motifs is 1. The molecule has 20 heavy (non-hydrogen) atoms. The number of rotatable bonds is 3. The molecule has 1 heterocycles. The zero-order valence-corrected chi connectivity index (χ0v) is 12.3. The van der Waals surface area contributed by atoms with Crippen molar-refractivity contribution in [2.24, 2.45) is 5.92 Å². The molecule has 0 radical (unpaired) electrons. The van der Waals surface area contributed by atoms with Crippen LogP contribution in [0.25, 0.3) is 21.2 Å². The summed E-state index contributed by atoms with van der Waals surface area (Å²) in [6.45, 7) is 3.80. The van der Waals surface area contributed by atoms with Crippen molar-refractivity contribution in [2.45, 2.75) is 13.8 Å². The van der Waals surface area contributed by atoms with E-state index in [2.05, 4.69) is 35.3 Å². The molecule has 100 valence electrons. The fourth-order valence-electron chi connectivity index (χ4n) is 2.11. The van der Waals surface area contributed by atoms with Crippen LogP contribution in [0.2, 0.25) is 0 Å². The van der Waals surface area contributed by atoms with E-state index < -0.39 is 0 Å². The molecule has 0 saturated heterocycles. The highest BCUT2D eigenvalue weighted by atomic mass is 32.1. The third-order valence-corrected chi connectivity index (χ3v) is 4.34. The van der Waals surface area contributed by atoms with E-state index in [0.717, 1.165) is 10.4 Å². The summed E-state index contributed by atoms with van der Waals surface area (Å²) in [7, 11) is 0. The lowest BCUT2D eigenvalue weighted by Crippen LogP contribution is -2.06. The number of hydrogen-bond acceptors (Lipinski definition) is 3. The van der Waals surface area contributed by atoms with Crippen LogP contribution in [-0.4, -0.2) is 10.8 Å². The van der Waals surface area contributed by atoms with E-state index in [-0.39, 0.29) is 11.7 Å². The fraction of sp³-hybridized carbons (Fsp3) is 0.176. The van der Waals surface area contributed by atoms with Gasteiger partial charge >= 0.3 is 0 Å². The Morgan fingerprint density at radius 3 is 2.60 bits per heavy atom. The number of aromatic nitrogens is 1. The number of carbonyl (C=O) groups excluding carboxylic acids is 1. The lowest BCUT2D eigenvalue weighted by atomic mass is 10.1. The lowest BCUT2D eigenvalue weighted by Gasteiger charge is -2.01. The average molecular weight is 281 g/mol. The molecular formula is C17H15NOS. The van der Waals surface area contributed by atoms with Crippen molar-refractivity contribution in [3.8, 4) is 10.4 Å². The Hall–Kier alpha value is -2.00. The third kappa shape index (κ3) is 2.37. The molecule has 0 unspecified atom stereocenters. The first kappa shape index (κ1) is 13.0. The maximum atomic E-state index is 11.9. The normalized spacial score (nSPS) is 11.2. The summed E-state index contributed by atoms with van der Waals surface area (Å²) < 4.78 is 0. The first-order valence-corrected chi connectivity index (χ1v) is 7.46. The molecule has 0 bridgehead atoms. The fourth-order valence-corrected chi connectivity index (χ4v) is 3.11. The highest BCUT2D eigenvalue weighted by molar-refractivity contribution is 7.17. The van der Waals surface area contributed by atoms with E-state index in [1.807, 2.05) is 26.0 Å². The minimum atomic E-state index is -0.00870. The molecular weight excluding hydrogens is 266 g/mol. The van der Waals surface area contributed by atoms with Crippen LogP contribution in [0.1, 0.15) is 23.6 Å². The van der Waals surface area contributed by atoms with E-state index >= 15 is 0 Å². The molecule has 0 N–H and O–H groups in total. The summed E-state index contributed by atoms with van der Waals surface area (Å²) in [5.41, 5.74) is 1.11. The number of thiazole rings is 1. The summed E-state index contributed by atoms with van der Waals surface area (Å²) in [4.78, 5) is 17.3. The molecule has 3 heteroatoms. The van der Waals surface area contributed by atoms with Gasteiger partial charge in [0.1, 0.15) is 0 Å². The quantitative estimate of drug-likeness (QED) is 0.645. The van der Waals surface area contributed by atoms with Crippen molar-refractivity contribution in [2.75, 3.05) is 0 Å². The summed E-state index contributed by atoms with van der Waals surface area (Å²) in [5.74, 6) is 0.104. The van der Waals surface area contributed by atoms with E-state index in [9.17, 15) is 4.79 Å². The van der Waals surface area contributed by atoms with E-state index in [0.29, 0.717) is 5.01 Å². The second kappa shape index (κ2) is 5.17. The smallest absolute Gasteiger partial charge is 0.193 e. The largest absolute Gasteiger partial charge is 0.291 e. The number of benzene rings is 2. The van der Waals surface area contributed by atoms with Gasteiger partial charge in [-0.2, -0.15) is 0 Å².